The lowest BCUT2D eigenvalue weighted by Crippen LogP contribution is -2.26. The molecule has 0 radical (unpaired) electrons. The lowest BCUT2D eigenvalue weighted by Gasteiger charge is -2.14. The molecule has 1 atom stereocenters. The summed E-state index contributed by atoms with van der Waals surface area (Å²) in [4.78, 5) is 24.8. The summed E-state index contributed by atoms with van der Waals surface area (Å²) in [6.07, 6.45) is 0. The molecule has 1 heterocycles. The molecule has 4 rings (SSSR count). The summed E-state index contributed by atoms with van der Waals surface area (Å²) < 4.78 is 19.0. The highest BCUT2D eigenvalue weighted by Gasteiger charge is 2.14. The standard InChI is InChI=1S/C25H21FN4O3S/c1-16(17-6-3-2-4-7-17)27-23(31)18-10-12-21(13-11-18)33-15-22-29-30-25(34-22)24(32)28-20-9-5-8-19(26)14-20/h2-14,16H,15H2,1H3,(H,27,31)(H,28,32)/t16-/m0/s1. The molecule has 0 saturated carbocycles. The first-order valence-corrected chi connectivity index (χ1v) is 11.3. The second-order valence-electron chi connectivity index (χ2n) is 7.38. The van der Waals surface area contributed by atoms with Crippen molar-refractivity contribution in [3.05, 3.63) is 106 Å². The third-order valence-corrected chi connectivity index (χ3v) is 5.77. The van der Waals surface area contributed by atoms with E-state index in [2.05, 4.69) is 20.8 Å². The number of nitrogens with one attached hydrogen (secondary N) is 2. The van der Waals surface area contributed by atoms with E-state index in [4.69, 9.17) is 4.74 Å². The first kappa shape index (κ1) is 23.1. The van der Waals surface area contributed by atoms with Gasteiger partial charge in [-0.15, -0.1) is 10.2 Å². The fourth-order valence-corrected chi connectivity index (χ4v) is 3.76. The topological polar surface area (TPSA) is 93.2 Å². The molecular formula is C25H21FN4O3S. The number of carbonyl (C=O) groups excluding carboxylic acids is 2. The normalized spacial score (nSPS) is 11.5. The largest absolute Gasteiger partial charge is 0.486 e. The molecule has 7 nitrogen and oxygen atoms in total. The maximum absolute atomic E-state index is 13.3. The van der Waals surface area contributed by atoms with Gasteiger partial charge in [-0.05, 0) is 55.0 Å². The highest BCUT2D eigenvalue weighted by atomic mass is 32.1. The highest BCUT2D eigenvalue weighted by Crippen LogP contribution is 2.19. The van der Waals surface area contributed by atoms with Crippen molar-refractivity contribution in [1.82, 2.24) is 15.5 Å². The maximum Gasteiger partial charge on any atom is 0.286 e. The number of halogens is 1. The number of carbonyl (C=O) groups is 2. The minimum absolute atomic E-state index is 0.113. The van der Waals surface area contributed by atoms with Crippen LogP contribution in [0.2, 0.25) is 0 Å². The van der Waals surface area contributed by atoms with Crippen molar-refractivity contribution in [2.24, 2.45) is 0 Å². The molecule has 0 spiro atoms. The fourth-order valence-electron chi connectivity index (χ4n) is 3.11. The minimum Gasteiger partial charge on any atom is -0.486 e. The van der Waals surface area contributed by atoms with Crippen LogP contribution < -0.4 is 15.4 Å². The van der Waals surface area contributed by atoms with Crippen LogP contribution >= 0.6 is 11.3 Å². The molecule has 2 N–H and O–H groups in total. The van der Waals surface area contributed by atoms with E-state index in [1.165, 1.54) is 18.2 Å². The summed E-state index contributed by atoms with van der Waals surface area (Å²) in [7, 11) is 0. The van der Waals surface area contributed by atoms with Gasteiger partial charge in [0.05, 0.1) is 6.04 Å². The van der Waals surface area contributed by atoms with Crippen LogP contribution in [0.3, 0.4) is 0 Å². The summed E-state index contributed by atoms with van der Waals surface area (Å²) in [5.74, 6) is -0.553. The van der Waals surface area contributed by atoms with Crippen LogP contribution in [-0.4, -0.2) is 22.0 Å². The Kier molecular flexibility index (Phi) is 7.24. The predicted molar refractivity (Wildman–Crippen MR) is 127 cm³/mol. The Bertz CT molecular complexity index is 1280. The van der Waals surface area contributed by atoms with Crippen LogP contribution in [0.15, 0.2) is 78.9 Å². The SMILES string of the molecule is C[C@H](NC(=O)c1ccc(OCc2nnc(C(=O)Nc3cccc(F)c3)s2)cc1)c1ccccc1. The van der Waals surface area contributed by atoms with Gasteiger partial charge in [-0.3, -0.25) is 9.59 Å². The van der Waals surface area contributed by atoms with Crippen LogP contribution in [-0.2, 0) is 6.61 Å². The van der Waals surface area contributed by atoms with Crippen molar-refractivity contribution in [3.8, 4) is 5.75 Å². The van der Waals surface area contributed by atoms with Gasteiger partial charge >= 0.3 is 0 Å². The Balaban J connectivity index is 1.29. The zero-order valence-corrected chi connectivity index (χ0v) is 19.0. The van der Waals surface area contributed by atoms with Gasteiger partial charge in [0.15, 0.2) is 5.01 Å². The van der Waals surface area contributed by atoms with Crippen molar-refractivity contribution in [1.29, 1.82) is 0 Å². The van der Waals surface area contributed by atoms with Gasteiger partial charge in [0, 0.05) is 11.3 Å². The molecule has 2 amide bonds. The van der Waals surface area contributed by atoms with Crippen LogP contribution in [0.4, 0.5) is 10.1 Å². The van der Waals surface area contributed by atoms with E-state index in [0.717, 1.165) is 16.9 Å². The number of benzene rings is 3. The molecule has 0 saturated heterocycles. The van der Waals surface area contributed by atoms with E-state index in [9.17, 15) is 14.0 Å². The predicted octanol–water partition coefficient (Wildman–Crippen LogP) is 5.00. The molecule has 0 aliphatic carbocycles. The molecule has 34 heavy (non-hydrogen) atoms. The van der Waals surface area contributed by atoms with E-state index in [1.807, 2.05) is 37.3 Å². The Hall–Kier alpha value is -4.11. The van der Waals surface area contributed by atoms with Gasteiger partial charge in [-0.25, -0.2) is 4.39 Å². The lowest BCUT2D eigenvalue weighted by atomic mass is 10.1. The van der Waals surface area contributed by atoms with E-state index >= 15 is 0 Å². The molecule has 0 aliphatic heterocycles. The number of anilines is 1. The average molecular weight is 477 g/mol. The Labute approximate surface area is 199 Å². The van der Waals surface area contributed by atoms with E-state index in [1.54, 1.807) is 30.3 Å². The quantitative estimate of drug-likeness (QED) is 0.373. The second kappa shape index (κ2) is 10.7. The highest BCUT2D eigenvalue weighted by molar-refractivity contribution is 7.13. The third-order valence-electron chi connectivity index (χ3n) is 4.87. The van der Waals surface area contributed by atoms with Gasteiger partial charge < -0.3 is 15.4 Å². The summed E-state index contributed by atoms with van der Waals surface area (Å²) in [6, 6.07) is 22.0. The number of ether oxygens (including phenoxy) is 1. The molecule has 3 aromatic carbocycles. The molecule has 0 fully saturated rings. The Morgan fingerprint density at radius 1 is 0.971 bits per heavy atom. The van der Waals surface area contributed by atoms with Crippen molar-refractivity contribution < 1.29 is 18.7 Å². The molecular weight excluding hydrogens is 455 g/mol. The zero-order valence-electron chi connectivity index (χ0n) is 18.2. The van der Waals surface area contributed by atoms with Crippen molar-refractivity contribution in [2.75, 3.05) is 5.32 Å². The van der Waals surface area contributed by atoms with E-state index < -0.39 is 11.7 Å². The van der Waals surface area contributed by atoms with Crippen molar-refractivity contribution in [3.63, 3.8) is 0 Å². The van der Waals surface area contributed by atoms with Crippen LogP contribution in [0.1, 0.15) is 43.7 Å². The first-order chi connectivity index (χ1) is 16.5. The number of rotatable bonds is 8. The number of hydrogen-bond acceptors (Lipinski definition) is 6. The number of amides is 2. The molecule has 0 aliphatic rings. The molecule has 0 bridgehead atoms. The zero-order chi connectivity index (χ0) is 23.9. The van der Waals surface area contributed by atoms with Gasteiger partial charge in [0.2, 0.25) is 5.01 Å². The van der Waals surface area contributed by atoms with Gasteiger partial charge in [-0.2, -0.15) is 0 Å². The molecule has 1 aromatic heterocycles. The van der Waals surface area contributed by atoms with Crippen LogP contribution in [0.5, 0.6) is 5.75 Å². The van der Waals surface area contributed by atoms with E-state index in [0.29, 0.717) is 22.0 Å². The lowest BCUT2D eigenvalue weighted by molar-refractivity contribution is 0.0939. The monoisotopic (exact) mass is 476 g/mol. The second-order valence-corrected chi connectivity index (χ2v) is 8.45. The van der Waals surface area contributed by atoms with Crippen molar-refractivity contribution in [2.45, 2.75) is 19.6 Å². The minimum atomic E-state index is -0.477. The average Bonchev–Trinajstić information content (AvgIpc) is 3.33. The Morgan fingerprint density at radius 3 is 2.47 bits per heavy atom. The van der Waals surface area contributed by atoms with Gasteiger partial charge in [-0.1, -0.05) is 47.7 Å². The van der Waals surface area contributed by atoms with Crippen LogP contribution in [0, 0.1) is 5.82 Å². The summed E-state index contributed by atoms with van der Waals surface area (Å²) in [5, 5.41) is 14.0. The summed E-state index contributed by atoms with van der Waals surface area (Å²) in [6.45, 7) is 2.04. The van der Waals surface area contributed by atoms with Gasteiger partial charge in [0.25, 0.3) is 11.8 Å². The number of nitrogens with zero attached hydrogens (tertiary/aromatic N) is 2. The smallest absolute Gasteiger partial charge is 0.286 e. The Morgan fingerprint density at radius 2 is 1.74 bits per heavy atom. The third kappa shape index (κ3) is 6.02. The maximum atomic E-state index is 13.3. The summed E-state index contributed by atoms with van der Waals surface area (Å²) in [5.41, 5.74) is 1.87. The molecule has 0 unspecified atom stereocenters. The molecule has 9 heteroatoms. The number of hydrogen-bond donors (Lipinski definition) is 2. The van der Waals surface area contributed by atoms with Crippen molar-refractivity contribution >= 4 is 28.8 Å². The first-order valence-electron chi connectivity index (χ1n) is 10.5. The van der Waals surface area contributed by atoms with Crippen LogP contribution in [0.25, 0.3) is 0 Å². The van der Waals surface area contributed by atoms with E-state index in [-0.39, 0.29) is 23.6 Å². The molecule has 4 aromatic rings. The number of aromatic nitrogens is 2. The van der Waals surface area contributed by atoms with Gasteiger partial charge in [0.1, 0.15) is 18.2 Å². The molecule has 172 valence electrons. The fraction of sp³-hybridized carbons (Fsp3) is 0.120. The summed E-state index contributed by atoms with van der Waals surface area (Å²) >= 11 is 1.08.